The van der Waals surface area contributed by atoms with Gasteiger partial charge in [-0.05, 0) is 49.3 Å². The minimum absolute atomic E-state index is 0.00412. The predicted molar refractivity (Wildman–Crippen MR) is 211 cm³/mol. The minimum atomic E-state index is -4.81. The maximum atomic E-state index is 14.2. The molecule has 3 fully saturated rings. The molecule has 0 unspecified atom stereocenters. The zero-order valence-electron chi connectivity index (χ0n) is 32.6. The number of anilines is 2. The minimum Gasteiger partial charge on any atom is -0.477 e. The van der Waals surface area contributed by atoms with Gasteiger partial charge >= 0.3 is 12.1 Å². The Kier molecular flexibility index (Phi) is 12.3. The predicted octanol–water partition coefficient (Wildman–Crippen LogP) is 2.45. The highest BCUT2D eigenvalue weighted by atomic mass is 35.5. The molecule has 1 aromatic carbocycles. The van der Waals surface area contributed by atoms with Crippen molar-refractivity contribution in [2.75, 3.05) is 76.1 Å². The highest BCUT2D eigenvalue weighted by Crippen LogP contribution is 2.37. The number of likely N-dealkylation sites (tertiary alicyclic amines) is 1. The summed E-state index contributed by atoms with van der Waals surface area (Å²) in [6.07, 6.45) is -0.552. The van der Waals surface area contributed by atoms with Crippen LogP contribution in [0.5, 0.6) is 0 Å². The number of aromatic nitrogens is 5. The lowest BCUT2D eigenvalue weighted by Gasteiger charge is -2.37. The van der Waals surface area contributed by atoms with Crippen LogP contribution in [0.2, 0.25) is 5.02 Å². The van der Waals surface area contributed by atoms with E-state index < -0.39 is 23.7 Å². The molecule has 0 bridgehead atoms. The maximum absolute atomic E-state index is 14.2. The van der Waals surface area contributed by atoms with Crippen molar-refractivity contribution >= 4 is 46.7 Å². The van der Waals surface area contributed by atoms with Crippen LogP contribution in [0, 0.1) is 11.8 Å². The molecule has 3 saturated heterocycles. The number of carboxylic acids is 1. The van der Waals surface area contributed by atoms with Crippen LogP contribution in [0.3, 0.4) is 0 Å². The number of carbonyl (C=O) groups excluding carboxylic acids is 3. The first-order chi connectivity index (χ1) is 28.2. The number of fused-ring (bicyclic) bond motifs is 1. The summed E-state index contributed by atoms with van der Waals surface area (Å²) in [5.74, 6) is -1.06. The van der Waals surface area contributed by atoms with Crippen molar-refractivity contribution in [3.63, 3.8) is 0 Å². The van der Waals surface area contributed by atoms with Crippen LogP contribution in [0.15, 0.2) is 42.7 Å². The number of amides is 3. The van der Waals surface area contributed by atoms with Crippen LogP contribution in [-0.2, 0) is 29.2 Å². The van der Waals surface area contributed by atoms with E-state index in [1.807, 2.05) is 0 Å². The van der Waals surface area contributed by atoms with Gasteiger partial charge in [-0.15, -0.1) is 0 Å². The molecule has 314 valence electrons. The molecule has 0 radical (unpaired) electrons. The number of benzene rings is 1. The molecule has 4 aliphatic heterocycles. The van der Waals surface area contributed by atoms with Gasteiger partial charge in [0.1, 0.15) is 0 Å². The van der Waals surface area contributed by atoms with Crippen LogP contribution < -0.4 is 20.9 Å². The molecule has 59 heavy (non-hydrogen) atoms. The molecule has 0 spiro atoms. The third kappa shape index (κ3) is 9.36. The number of pyridine rings is 1. The van der Waals surface area contributed by atoms with E-state index >= 15 is 0 Å². The largest absolute Gasteiger partial charge is 0.477 e. The average Bonchev–Trinajstić information content (AvgIpc) is 3.95. The lowest BCUT2D eigenvalue weighted by atomic mass is 9.95. The van der Waals surface area contributed by atoms with Crippen molar-refractivity contribution in [2.45, 2.75) is 32.4 Å². The number of nitrogens with zero attached hydrogens (tertiary/aromatic N) is 7. The molecule has 20 heteroatoms. The van der Waals surface area contributed by atoms with Crippen molar-refractivity contribution in [3.05, 3.63) is 70.5 Å². The lowest BCUT2D eigenvalue weighted by Crippen LogP contribution is -3.14. The second-order valence-electron chi connectivity index (χ2n) is 15.3. The molecule has 4 aromatic rings. The van der Waals surface area contributed by atoms with Crippen LogP contribution in [-0.4, -0.2) is 128 Å². The fraction of sp³-hybridized carbons (Fsp3) is 0.462. The molecule has 4 aliphatic rings. The summed E-state index contributed by atoms with van der Waals surface area (Å²) < 4.78 is 44.9. The zero-order chi connectivity index (χ0) is 42.0. The van der Waals surface area contributed by atoms with Gasteiger partial charge in [0.25, 0.3) is 11.8 Å². The second-order valence-corrected chi connectivity index (χ2v) is 15.7. The Hall–Kier alpha value is -5.53. The number of quaternary nitrogens is 1. The molecule has 16 nitrogen and oxygen atoms in total. The molecule has 0 atom stereocenters. The zero-order valence-corrected chi connectivity index (χ0v) is 33.4. The van der Waals surface area contributed by atoms with E-state index in [-0.39, 0.29) is 63.5 Å². The number of carboxylic acid groups (broad SMARTS) is 1. The van der Waals surface area contributed by atoms with Gasteiger partial charge < -0.3 is 40.3 Å². The number of piperidine rings is 1. The van der Waals surface area contributed by atoms with E-state index in [9.17, 15) is 32.3 Å². The quantitative estimate of drug-likeness (QED) is 0.177. The summed E-state index contributed by atoms with van der Waals surface area (Å²) in [6.45, 7) is 8.02. The van der Waals surface area contributed by atoms with Gasteiger partial charge in [-0.2, -0.15) is 18.3 Å². The van der Waals surface area contributed by atoms with E-state index in [4.69, 9.17) is 16.7 Å². The van der Waals surface area contributed by atoms with Crippen molar-refractivity contribution in [1.82, 2.24) is 39.4 Å². The number of halogens is 4. The SMILES string of the molecule is CC1CNC1.Cn1c(-c2cn(-c3ccc4c(n3)CCN4)nc2C(F)(F)F)cnc1C(=O)Nc1ccc(C(=O)N2CCN(C(=O)C3CC[NH+](CC(=O)O)CC3)CC2)c(Cl)c1. The number of rotatable bonds is 8. The number of aliphatic carboxylic acids is 1. The summed E-state index contributed by atoms with van der Waals surface area (Å²) in [5.41, 5.74) is 0.548. The average molecular weight is 841 g/mol. The Labute approximate surface area is 342 Å². The molecular formula is C39H46ClF3N11O5+. The van der Waals surface area contributed by atoms with Gasteiger partial charge in [0.15, 0.2) is 23.9 Å². The number of nitrogens with one attached hydrogen (secondary N) is 4. The smallest absolute Gasteiger partial charge is 0.435 e. The van der Waals surface area contributed by atoms with Crippen LogP contribution in [0.4, 0.5) is 24.5 Å². The number of carbonyl (C=O) groups is 4. The van der Waals surface area contributed by atoms with Crippen molar-refractivity contribution in [3.8, 4) is 17.1 Å². The number of hydrogen-bond acceptors (Lipinski definition) is 9. The second kappa shape index (κ2) is 17.4. The number of hydrogen-bond donors (Lipinski definition) is 5. The summed E-state index contributed by atoms with van der Waals surface area (Å²) in [5, 5.41) is 21.9. The summed E-state index contributed by atoms with van der Waals surface area (Å²) in [4.78, 5) is 63.7. The Morgan fingerprint density at radius 2 is 1.73 bits per heavy atom. The maximum Gasteiger partial charge on any atom is 0.435 e. The van der Waals surface area contributed by atoms with Gasteiger partial charge in [-0.3, -0.25) is 14.4 Å². The molecule has 0 aliphatic carbocycles. The summed E-state index contributed by atoms with van der Waals surface area (Å²) in [6, 6.07) is 7.68. The highest BCUT2D eigenvalue weighted by molar-refractivity contribution is 6.34. The third-order valence-electron chi connectivity index (χ3n) is 11.1. The van der Waals surface area contributed by atoms with E-state index in [1.165, 1.54) is 55.3 Å². The summed E-state index contributed by atoms with van der Waals surface area (Å²) in [7, 11) is 1.42. The van der Waals surface area contributed by atoms with E-state index in [2.05, 4.69) is 37.9 Å². The number of imidazole rings is 1. The highest BCUT2D eigenvalue weighted by Gasteiger charge is 2.39. The molecular weight excluding hydrogens is 795 g/mol. The monoisotopic (exact) mass is 840 g/mol. The Morgan fingerprint density at radius 1 is 1.03 bits per heavy atom. The van der Waals surface area contributed by atoms with Crippen LogP contribution in [0.25, 0.3) is 17.1 Å². The van der Waals surface area contributed by atoms with Crippen LogP contribution >= 0.6 is 11.6 Å². The number of piperazine rings is 1. The normalized spacial score (nSPS) is 19.2. The van der Waals surface area contributed by atoms with E-state index in [1.54, 1.807) is 21.9 Å². The third-order valence-corrected chi connectivity index (χ3v) is 11.4. The first-order valence-corrected chi connectivity index (χ1v) is 19.9. The lowest BCUT2D eigenvalue weighted by molar-refractivity contribution is -0.898. The molecule has 8 rings (SSSR count). The van der Waals surface area contributed by atoms with Gasteiger partial charge in [0.05, 0.1) is 52.5 Å². The topological polar surface area (TPSA) is 184 Å². The van der Waals surface area contributed by atoms with Gasteiger partial charge in [-0.25, -0.2) is 19.4 Å². The molecule has 3 amide bonds. The number of alkyl halides is 3. The van der Waals surface area contributed by atoms with E-state index in [0.29, 0.717) is 65.1 Å². The van der Waals surface area contributed by atoms with E-state index in [0.717, 1.165) is 26.9 Å². The van der Waals surface area contributed by atoms with Crippen molar-refractivity contribution in [2.24, 2.45) is 18.9 Å². The van der Waals surface area contributed by atoms with Crippen molar-refractivity contribution in [1.29, 1.82) is 0 Å². The van der Waals surface area contributed by atoms with Crippen LogP contribution in [0.1, 0.15) is 52.1 Å². The summed E-state index contributed by atoms with van der Waals surface area (Å²) >= 11 is 6.51. The first-order valence-electron chi connectivity index (χ1n) is 19.5. The standard InChI is InChI=1S/C35H36ClF3N10O5.C4H9N/c1-45-27(23-18-49(44-30(23)35(37,38)39)28-5-4-25-26(43-28)6-9-40-25)17-41-31(45)32(52)42-21-2-3-22(24(36)16-21)34(54)48-14-12-47(13-15-48)33(53)20-7-10-46(11-8-20)19-29(50)51;1-4-2-5-3-4/h2-5,16-18,20,40H,6-15,19H2,1H3,(H,42,52)(H,50,51);4-5H,2-3H2,1H3/p+1. The van der Waals surface area contributed by atoms with Gasteiger partial charge in [0, 0.05) is 76.8 Å². The molecule has 0 saturated carbocycles. The Morgan fingerprint density at radius 3 is 2.36 bits per heavy atom. The molecule has 3 aromatic heterocycles. The fourth-order valence-electron chi connectivity index (χ4n) is 7.65. The van der Waals surface area contributed by atoms with Gasteiger partial charge in [0.2, 0.25) is 5.91 Å². The van der Waals surface area contributed by atoms with Gasteiger partial charge in [-0.1, -0.05) is 18.5 Å². The van der Waals surface area contributed by atoms with Crippen molar-refractivity contribution < 1.29 is 42.4 Å². The Bertz CT molecular complexity index is 2220. The first kappa shape index (κ1) is 41.6. The Balaban J connectivity index is 0.000000983. The molecule has 5 N–H and O–H groups in total. The molecule has 7 heterocycles. The fourth-order valence-corrected chi connectivity index (χ4v) is 7.91.